The second kappa shape index (κ2) is 10.4. The number of carbonyl (C=O) groups excluding carboxylic acids is 1. The van der Waals surface area contributed by atoms with Gasteiger partial charge in [0.1, 0.15) is 23.3 Å². The molecule has 0 radical (unpaired) electrons. The number of fused-ring (bicyclic) bond motifs is 1. The van der Waals surface area contributed by atoms with E-state index in [1.54, 1.807) is 57.4 Å². The minimum atomic E-state index is -0.779. The Morgan fingerprint density at radius 2 is 1.95 bits per heavy atom. The standard InChI is InChI=1S/C29H23N3O5S/c1-4-36-28(34)25-17(2)31-29-32(26(25)21-11-7-8-12-22(21)35-3)27(33)24(38-29)15-19-13-14-23(37-19)20-10-6-5-9-18(20)16-30/h5-15,26H,4H2,1-3H3/b24-15+/t26-/m0/s1. The number of esters is 1. The van der Waals surface area contributed by atoms with Crippen LogP contribution in [-0.4, -0.2) is 24.3 Å². The molecule has 0 amide bonds. The van der Waals surface area contributed by atoms with Gasteiger partial charge in [0.05, 0.1) is 41.2 Å². The molecule has 1 aliphatic heterocycles. The normalized spacial score (nSPS) is 15.0. The number of carbonyl (C=O) groups is 1. The Bertz CT molecular complexity index is 1800. The van der Waals surface area contributed by atoms with E-state index in [2.05, 4.69) is 11.1 Å². The molecule has 3 heterocycles. The topological polar surface area (TPSA) is 107 Å². The third-order valence-electron chi connectivity index (χ3n) is 6.16. The highest BCUT2D eigenvalue weighted by Gasteiger charge is 2.35. The SMILES string of the molecule is CCOC(=O)C1=C(C)N=c2s/c(=C/c3ccc(-c4ccccc4C#N)o3)c(=O)n2[C@H]1c1ccccc1OC. The molecule has 0 N–H and O–H groups in total. The first-order chi connectivity index (χ1) is 18.5. The molecule has 0 saturated heterocycles. The fraction of sp³-hybridized carbons (Fsp3) is 0.172. The number of furan rings is 1. The molecular weight excluding hydrogens is 502 g/mol. The Kier molecular flexibility index (Phi) is 6.81. The number of para-hydroxylation sites is 1. The maximum absolute atomic E-state index is 13.8. The van der Waals surface area contributed by atoms with Crippen LogP contribution in [-0.2, 0) is 9.53 Å². The van der Waals surface area contributed by atoms with Gasteiger partial charge in [-0.1, -0.05) is 41.7 Å². The van der Waals surface area contributed by atoms with Gasteiger partial charge in [0.25, 0.3) is 5.56 Å². The van der Waals surface area contributed by atoms with Crippen molar-refractivity contribution in [1.29, 1.82) is 5.26 Å². The maximum Gasteiger partial charge on any atom is 0.338 e. The summed E-state index contributed by atoms with van der Waals surface area (Å²) in [5, 5.41) is 9.43. The van der Waals surface area contributed by atoms with E-state index in [1.807, 2.05) is 30.3 Å². The molecular formula is C29H23N3O5S. The second-order valence-corrected chi connectivity index (χ2v) is 9.41. The summed E-state index contributed by atoms with van der Waals surface area (Å²) < 4.78 is 18.8. The number of hydrogen-bond donors (Lipinski definition) is 0. The fourth-order valence-electron chi connectivity index (χ4n) is 4.48. The van der Waals surface area contributed by atoms with Crippen LogP contribution < -0.4 is 19.6 Å². The number of aromatic nitrogens is 1. The van der Waals surface area contributed by atoms with Gasteiger partial charge in [-0.25, -0.2) is 9.79 Å². The van der Waals surface area contributed by atoms with Crippen molar-refractivity contribution in [2.24, 2.45) is 4.99 Å². The number of nitrogens with zero attached hydrogens (tertiary/aromatic N) is 3. The van der Waals surface area contributed by atoms with Crippen LogP contribution in [0.25, 0.3) is 17.4 Å². The highest BCUT2D eigenvalue weighted by atomic mass is 32.1. The molecule has 2 aromatic heterocycles. The Balaban J connectivity index is 1.67. The van der Waals surface area contributed by atoms with Crippen LogP contribution in [0.5, 0.6) is 5.75 Å². The zero-order valence-corrected chi connectivity index (χ0v) is 21.7. The number of methoxy groups -OCH3 is 1. The minimum Gasteiger partial charge on any atom is -0.496 e. The van der Waals surface area contributed by atoms with Crippen molar-refractivity contribution in [1.82, 2.24) is 4.57 Å². The molecule has 1 atom stereocenters. The lowest BCUT2D eigenvalue weighted by atomic mass is 9.95. The van der Waals surface area contributed by atoms with Crippen molar-refractivity contribution in [2.45, 2.75) is 19.9 Å². The highest BCUT2D eigenvalue weighted by Crippen LogP contribution is 2.35. The van der Waals surface area contributed by atoms with E-state index in [0.717, 1.165) is 0 Å². The Labute approximate surface area is 222 Å². The van der Waals surface area contributed by atoms with E-state index in [1.165, 1.54) is 15.9 Å². The molecule has 0 unspecified atom stereocenters. The van der Waals surface area contributed by atoms with E-state index in [9.17, 15) is 14.9 Å². The summed E-state index contributed by atoms with van der Waals surface area (Å²) in [6, 6.07) is 19.3. The summed E-state index contributed by atoms with van der Waals surface area (Å²) in [7, 11) is 1.54. The molecule has 190 valence electrons. The smallest absolute Gasteiger partial charge is 0.338 e. The van der Waals surface area contributed by atoms with Crippen molar-refractivity contribution in [3.63, 3.8) is 0 Å². The van der Waals surface area contributed by atoms with Crippen LogP contribution in [0.1, 0.15) is 36.8 Å². The van der Waals surface area contributed by atoms with E-state index in [4.69, 9.17) is 13.9 Å². The molecule has 0 aliphatic carbocycles. The van der Waals surface area contributed by atoms with Gasteiger partial charge in [0.2, 0.25) is 0 Å². The van der Waals surface area contributed by atoms with Crippen molar-refractivity contribution in [3.05, 3.63) is 109 Å². The summed E-state index contributed by atoms with van der Waals surface area (Å²) >= 11 is 1.20. The number of rotatable bonds is 6. The first kappa shape index (κ1) is 25.0. The molecule has 0 bridgehead atoms. The molecule has 5 rings (SSSR count). The third-order valence-corrected chi connectivity index (χ3v) is 7.15. The lowest BCUT2D eigenvalue weighted by Crippen LogP contribution is -2.40. The first-order valence-electron chi connectivity index (χ1n) is 11.9. The molecule has 4 aromatic rings. The quantitative estimate of drug-likeness (QED) is 0.353. The van der Waals surface area contributed by atoms with Gasteiger partial charge in [-0.05, 0) is 44.2 Å². The van der Waals surface area contributed by atoms with Gasteiger partial charge in [0, 0.05) is 17.2 Å². The number of hydrogen-bond acceptors (Lipinski definition) is 8. The van der Waals surface area contributed by atoms with Gasteiger partial charge in [-0.3, -0.25) is 9.36 Å². The largest absolute Gasteiger partial charge is 0.496 e. The van der Waals surface area contributed by atoms with E-state index >= 15 is 0 Å². The monoisotopic (exact) mass is 525 g/mol. The first-order valence-corrected chi connectivity index (χ1v) is 12.7. The molecule has 2 aromatic carbocycles. The Morgan fingerprint density at radius 1 is 1.18 bits per heavy atom. The van der Waals surface area contributed by atoms with Crippen LogP contribution >= 0.6 is 11.3 Å². The number of thiazole rings is 1. The molecule has 0 spiro atoms. The molecule has 1 aliphatic rings. The van der Waals surface area contributed by atoms with Crippen LogP contribution in [0, 0.1) is 11.3 Å². The zero-order chi connectivity index (χ0) is 26.8. The van der Waals surface area contributed by atoms with Gasteiger partial charge in [-0.15, -0.1) is 0 Å². The summed E-state index contributed by atoms with van der Waals surface area (Å²) in [6.45, 7) is 3.65. The summed E-state index contributed by atoms with van der Waals surface area (Å²) in [6.07, 6.45) is 1.64. The molecule has 0 saturated carbocycles. The van der Waals surface area contributed by atoms with Gasteiger partial charge < -0.3 is 13.9 Å². The van der Waals surface area contributed by atoms with Gasteiger partial charge in [-0.2, -0.15) is 5.26 Å². The summed E-state index contributed by atoms with van der Waals surface area (Å²) in [4.78, 5) is 31.9. The van der Waals surface area contributed by atoms with Crippen LogP contribution in [0.15, 0.2) is 86.1 Å². The third kappa shape index (κ3) is 4.35. The van der Waals surface area contributed by atoms with Crippen molar-refractivity contribution in [3.8, 4) is 23.1 Å². The van der Waals surface area contributed by atoms with Gasteiger partial charge in [0.15, 0.2) is 4.80 Å². The maximum atomic E-state index is 13.8. The second-order valence-electron chi connectivity index (χ2n) is 8.40. The van der Waals surface area contributed by atoms with Crippen LogP contribution in [0.4, 0.5) is 0 Å². The average molecular weight is 526 g/mol. The van der Waals surface area contributed by atoms with E-state index in [0.29, 0.717) is 49.0 Å². The predicted octanol–water partition coefficient (Wildman–Crippen LogP) is 3.94. The van der Waals surface area contributed by atoms with Crippen LogP contribution in [0.2, 0.25) is 0 Å². The Morgan fingerprint density at radius 3 is 2.71 bits per heavy atom. The van der Waals surface area contributed by atoms with E-state index in [-0.39, 0.29) is 17.7 Å². The van der Waals surface area contributed by atoms with Crippen LogP contribution in [0.3, 0.4) is 0 Å². The molecule has 9 heteroatoms. The van der Waals surface area contributed by atoms with Crippen molar-refractivity contribution >= 4 is 23.4 Å². The number of ether oxygens (including phenoxy) is 2. The number of allylic oxidation sites excluding steroid dienone is 1. The Hall–Kier alpha value is -4.68. The lowest BCUT2D eigenvalue weighted by molar-refractivity contribution is -0.139. The molecule has 8 nitrogen and oxygen atoms in total. The fourth-order valence-corrected chi connectivity index (χ4v) is 5.50. The van der Waals surface area contributed by atoms with Gasteiger partial charge >= 0.3 is 5.97 Å². The zero-order valence-electron chi connectivity index (χ0n) is 20.9. The molecule has 38 heavy (non-hydrogen) atoms. The van der Waals surface area contributed by atoms with E-state index < -0.39 is 12.0 Å². The summed E-state index contributed by atoms with van der Waals surface area (Å²) in [5.74, 6) is 0.975. The lowest BCUT2D eigenvalue weighted by Gasteiger charge is -2.25. The average Bonchev–Trinajstić information content (AvgIpc) is 3.52. The summed E-state index contributed by atoms with van der Waals surface area (Å²) in [5.41, 5.74) is 2.24. The van der Waals surface area contributed by atoms with Crippen molar-refractivity contribution < 1.29 is 18.7 Å². The number of nitriles is 1. The minimum absolute atomic E-state index is 0.189. The number of benzene rings is 2. The molecule has 0 fully saturated rings. The highest BCUT2D eigenvalue weighted by molar-refractivity contribution is 7.07. The van der Waals surface area contributed by atoms with Crippen molar-refractivity contribution in [2.75, 3.05) is 13.7 Å². The predicted molar refractivity (Wildman–Crippen MR) is 142 cm³/mol.